The van der Waals surface area contributed by atoms with Gasteiger partial charge in [0.1, 0.15) is 18.5 Å². The summed E-state index contributed by atoms with van der Waals surface area (Å²) in [7, 11) is 0. The average Bonchev–Trinajstić information content (AvgIpc) is 3.05. The Bertz CT molecular complexity index is 646. The second kappa shape index (κ2) is 7.58. The van der Waals surface area contributed by atoms with Gasteiger partial charge in [-0.1, -0.05) is 25.1 Å². The second-order valence-electron chi connectivity index (χ2n) is 7.11. The van der Waals surface area contributed by atoms with Gasteiger partial charge in [0.25, 0.3) is 0 Å². The molecule has 0 bridgehead atoms. The van der Waals surface area contributed by atoms with Crippen LogP contribution in [0, 0.1) is 17.8 Å². The molecule has 0 spiro atoms. The molecule has 1 aromatic carbocycles. The maximum atomic E-state index is 12.7. The molecular weight excluding hydrogens is 349 g/mol. The lowest BCUT2D eigenvalue weighted by atomic mass is 9.88. The number of allylic oxidation sites excluding steroid dienone is 1. The third-order valence-corrected chi connectivity index (χ3v) is 5.18. The molecule has 1 aromatic rings. The zero-order chi connectivity index (χ0) is 18.9. The Hall–Kier alpha value is -1.57. The number of alkyl halides is 3. The molecular formula is C19H23F3O4. The van der Waals surface area contributed by atoms with E-state index in [1.807, 2.05) is 6.08 Å². The van der Waals surface area contributed by atoms with E-state index >= 15 is 0 Å². The third-order valence-electron chi connectivity index (χ3n) is 5.18. The number of rotatable bonds is 5. The smallest absolute Gasteiger partial charge is 0.416 e. The normalized spacial score (nSPS) is 32.8. The van der Waals surface area contributed by atoms with Gasteiger partial charge in [-0.3, -0.25) is 0 Å². The fourth-order valence-corrected chi connectivity index (χ4v) is 3.91. The Morgan fingerprint density at radius 2 is 2.12 bits per heavy atom. The van der Waals surface area contributed by atoms with E-state index in [9.17, 15) is 23.4 Å². The minimum Gasteiger partial charge on any atom is -0.491 e. The maximum Gasteiger partial charge on any atom is 0.416 e. The van der Waals surface area contributed by atoms with Crippen LogP contribution in [0.5, 0.6) is 5.75 Å². The molecule has 1 saturated carbocycles. The molecule has 1 saturated heterocycles. The molecule has 1 aliphatic carbocycles. The standard InChI is InChI=1S/C19H23F3O4/c1-11-7-17-16(9-18(24)26-17)15(11)6-5-13(23)10-25-14-4-2-3-12(8-14)19(20,21)22/h2-6,8,11,13,15-18,23-24H,7,9-10H2,1H3. The highest BCUT2D eigenvalue weighted by atomic mass is 19.4. The van der Waals surface area contributed by atoms with Crippen molar-refractivity contribution in [2.24, 2.45) is 17.8 Å². The summed E-state index contributed by atoms with van der Waals surface area (Å²) in [4.78, 5) is 0. The number of ether oxygens (including phenoxy) is 2. The van der Waals surface area contributed by atoms with Crippen molar-refractivity contribution in [3.05, 3.63) is 42.0 Å². The van der Waals surface area contributed by atoms with Crippen LogP contribution in [-0.2, 0) is 10.9 Å². The SMILES string of the molecule is CC1CC2OC(O)CC2C1C=CC(O)COc1cccc(C(F)(F)F)c1. The Kier molecular flexibility index (Phi) is 5.60. The van der Waals surface area contributed by atoms with Crippen molar-refractivity contribution in [2.75, 3.05) is 6.61 Å². The molecule has 7 heteroatoms. The number of hydrogen-bond donors (Lipinski definition) is 2. The highest BCUT2D eigenvalue weighted by molar-refractivity contribution is 5.30. The van der Waals surface area contributed by atoms with Crippen molar-refractivity contribution in [2.45, 2.75) is 44.4 Å². The fourth-order valence-electron chi connectivity index (χ4n) is 3.91. The van der Waals surface area contributed by atoms with Crippen molar-refractivity contribution >= 4 is 0 Å². The van der Waals surface area contributed by atoms with Gasteiger partial charge in [0, 0.05) is 6.42 Å². The lowest BCUT2D eigenvalue weighted by molar-refractivity contribution is -0.137. The van der Waals surface area contributed by atoms with Crippen LogP contribution >= 0.6 is 0 Å². The summed E-state index contributed by atoms with van der Waals surface area (Å²) in [6, 6.07) is 4.58. The van der Waals surface area contributed by atoms with E-state index in [0.29, 0.717) is 12.3 Å². The average molecular weight is 372 g/mol. The van der Waals surface area contributed by atoms with Crippen LogP contribution < -0.4 is 4.74 Å². The van der Waals surface area contributed by atoms with Crippen molar-refractivity contribution in [3.63, 3.8) is 0 Å². The lowest BCUT2D eigenvalue weighted by Crippen LogP contribution is -2.18. The largest absolute Gasteiger partial charge is 0.491 e. The van der Waals surface area contributed by atoms with E-state index < -0.39 is 24.1 Å². The monoisotopic (exact) mass is 372 g/mol. The molecule has 2 aliphatic rings. The molecule has 6 unspecified atom stereocenters. The van der Waals surface area contributed by atoms with Crippen molar-refractivity contribution < 1.29 is 32.9 Å². The van der Waals surface area contributed by atoms with Gasteiger partial charge in [-0.05, 0) is 42.4 Å². The molecule has 26 heavy (non-hydrogen) atoms. The molecule has 0 aromatic heterocycles. The minimum absolute atomic E-state index is 0.0492. The summed E-state index contributed by atoms with van der Waals surface area (Å²) >= 11 is 0. The summed E-state index contributed by atoms with van der Waals surface area (Å²) in [5, 5.41) is 19.7. The zero-order valence-corrected chi connectivity index (χ0v) is 14.4. The number of hydrogen-bond acceptors (Lipinski definition) is 4. The maximum absolute atomic E-state index is 12.7. The first-order chi connectivity index (χ1) is 12.2. The highest BCUT2D eigenvalue weighted by Gasteiger charge is 2.46. The highest BCUT2D eigenvalue weighted by Crippen LogP contribution is 2.46. The summed E-state index contributed by atoms with van der Waals surface area (Å²) < 4.78 is 48.8. The van der Waals surface area contributed by atoms with Crippen molar-refractivity contribution in [1.82, 2.24) is 0 Å². The fraction of sp³-hybridized carbons (Fsp3) is 0.579. The molecule has 0 amide bonds. The van der Waals surface area contributed by atoms with Gasteiger partial charge >= 0.3 is 6.18 Å². The summed E-state index contributed by atoms with van der Waals surface area (Å²) in [5.74, 6) is 0.868. The van der Waals surface area contributed by atoms with Gasteiger partial charge in [0.05, 0.1) is 11.7 Å². The first-order valence-electron chi connectivity index (χ1n) is 8.74. The summed E-state index contributed by atoms with van der Waals surface area (Å²) in [6.45, 7) is 1.97. The quantitative estimate of drug-likeness (QED) is 0.778. The molecule has 4 nitrogen and oxygen atoms in total. The predicted octanol–water partition coefficient (Wildman–Crippen LogP) is 3.38. The molecule has 0 radical (unpaired) electrons. The first-order valence-corrected chi connectivity index (χ1v) is 8.74. The van der Waals surface area contributed by atoms with Gasteiger partial charge in [-0.2, -0.15) is 13.2 Å². The Morgan fingerprint density at radius 3 is 2.85 bits per heavy atom. The second-order valence-corrected chi connectivity index (χ2v) is 7.11. The van der Waals surface area contributed by atoms with Crippen molar-refractivity contribution in [3.8, 4) is 5.75 Å². The van der Waals surface area contributed by atoms with Gasteiger partial charge in [-0.25, -0.2) is 0 Å². The predicted molar refractivity (Wildman–Crippen MR) is 88.3 cm³/mol. The topological polar surface area (TPSA) is 58.9 Å². The lowest BCUT2D eigenvalue weighted by Gasteiger charge is -2.18. The summed E-state index contributed by atoms with van der Waals surface area (Å²) in [5.41, 5.74) is -0.786. The number of aliphatic hydroxyl groups is 2. The van der Waals surface area contributed by atoms with Crippen LogP contribution in [0.1, 0.15) is 25.3 Å². The van der Waals surface area contributed by atoms with Crippen LogP contribution in [0.2, 0.25) is 0 Å². The number of halogens is 3. The van der Waals surface area contributed by atoms with Crippen LogP contribution in [0.25, 0.3) is 0 Å². The first kappa shape index (κ1) is 19.2. The van der Waals surface area contributed by atoms with Gasteiger partial charge in [0.15, 0.2) is 6.29 Å². The van der Waals surface area contributed by atoms with Crippen LogP contribution in [0.15, 0.2) is 36.4 Å². The van der Waals surface area contributed by atoms with Crippen molar-refractivity contribution in [1.29, 1.82) is 0 Å². The van der Waals surface area contributed by atoms with Crippen LogP contribution in [-0.4, -0.2) is 35.3 Å². The molecule has 3 rings (SSSR count). The van der Waals surface area contributed by atoms with E-state index in [0.717, 1.165) is 18.6 Å². The molecule has 2 fully saturated rings. The van der Waals surface area contributed by atoms with Gasteiger partial charge in [-0.15, -0.1) is 0 Å². The van der Waals surface area contributed by atoms with Gasteiger partial charge < -0.3 is 19.7 Å². The van der Waals surface area contributed by atoms with E-state index in [2.05, 4.69) is 6.92 Å². The third kappa shape index (κ3) is 4.39. The number of aliphatic hydroxyl groups excluding tert-OH is 2. The Labute approximate surface area is 150 Å². The zero-order valence-electron chi connectivity index (χ0n) is 14.4. The van der Waals surface area contributed by atoms with Crippen LogP contribution in [0.4, 0.5) is 13.2 Å². The molecule has 1 aliphatic heterocycles. The molecule has 2 N–H and O–H groups in total. The van der Waals surface area contributed by atoms with E-state index in [1.165, 1.54) is 12.1 Å². The minimum atomic E-state index is -4.43. The molecule has 6 atom stereocenters. The van der Waals surface area contributed by atoms with E-state index in [4.69, 9.17) is 9.47 Å². The summed E-state index contributed by atoms with van der Waals surface area (Å²) in [6.07, 6.45) is -1.05. The molecule has 144 valence electrons. The van der Waals surface area contributed by atoms with E-state index in [-0.39, 0.29) is 30.3 Å². The Balaban J connectivity index is 1.54. The van der Waals surface area contributed by atoms with E-state index in [1.54, 1.807) is 6.08 Å². The number of fused-ring (bicyclic) bond motifs is 1. The Morgan fingerprint density at radius 1 is 1.35 bits per heavy atom. The molecule has 1 heterocycles. The number of benzene rings is 1. The van der Waals surface area contributed by atoms with Gasteiger partial charge in [0.2, 0.25) is 0 Å². The van der Waals surface area contributed by atoms with Crippen LogP contribution in [0.3, 0.4) is 0 Å².